The molecule has 1 heterocycles. The van der Waals surface area contributed by atoms with Crippen LogP contribution < -0.4 is 4.72 Å². The lowest BCUT2D eigenvalue weighted by Crippen LogP contribution is -2.30. The fourth-order valence-corrected chi connectivity index (χ4v) is 5.57. The lowest BCUT2D eigenvalue weighted by molar-refractivity contribution is 0.0981. The summed E-state index contributed by atoms with van der Waals surface area (Å²) in [6, 6.07) is 22.2. The van der Waals surface area contributed by atoms with E-state index in [1.165, 1.54) is 6.07 Å². The maximum Gasteiger partial charge on any atom is 0.264 e. The van der Waals surface area contributed by atoms with Crippen LogP contribution >= 0.6 is 11.6 Å². The van der Waals surface area contributed by atoms with Crippen molar-refractivity contribution in [3.8, 4) is 11.1 Å². The zero-order valence-electron chi connectivity index (χ0n) is 20.4. The van der Waals surface area contributed by atoms with Gasteiger partial charge >= 0.3 is 0 Å². The highest BCUT2D eigenvalue weighted by atomic mass is 35.5. The van der Waals surface area contributed by atoms with E-state index >= 15 is 0 Å². The molecule has 1 amide bonds. The first kappa shape index (κ1) is 26.6. The Hall–Kier alpha value is -3.46. The number of benzene rings is 3. The molecule has 37 heavy (non-hydrogen) atoms. The van der Waals surface area contributed by atoms with Crippen LogP contribution in [0.25, 0.3) is 11.1 Å². The van der Waals surface area contributed by atoms with E-state index in [-0.39, 0.29) is 17.1 Å². The molecule has 0 aliphatic rings. The average Bonchev–Trinajstić information content (AvgIpc) is 3.21. The summed E-state index contributed by atoms with van der Waals surface area (Å²) in [5.41, 5.74) is 2.94. The van der Waals surface area contributed by atoms with E-state index < -0.39 is 15.9 Å². The number of amides is 1. The molecular weight excluding hydrogens is 510 g/mol. The summed E-state index contributed by atoms with van der Waals surface area (Å²) >= 11 is 6.26. The molecule has 9 heteroatoms. The highest BCUT2D eigenvalue weighted by Gasteiger charge is 2.22. The number of aryl methyl sites for hydroxylation is 1. The topological polar surface area (TPSA) is 101 Å². The number of hydrogen-bond acceptors (Lipinski definition) is 5. The van der Waals surface area contributed by atoms with Crippen molar-refractivity contribution in [2.24, 2.45) is 0 Å². The van der Waals surface area contributed by atoms with Gasteiger partial charge in [-0.1, -0.05) is 85.6 Å². The molecule has 0 atom stereocenters. The Labute approximate surface area is 221 Å². The Kier molecular flexibility index (Phi) is 8.43. The van der Waals surface area contributed by atoms with Gasteiger partial charge in [-0.25, -0.2) is 18.1 Å². The molecule has 0 aliphatic carbocycles. The van der Waals surface area contributed by atoms with E-state index in [1.807, 2.05) is 28.8 Å². The molecule has 0 saturated heterocycles. The number of aliphatic hydroxyl groups is 1. The minimum Gasteiger partial charge on any atom is -0.390 e. The molecule has 2 N–H and O–H groups in total. The number of carbonyl (C=O) groups excluding carboxylic acids is 1. The van der Waals surface area contributed by atoms with E-state index in [9.17, 15) is 18.3 Å². The highest BCUT2D eigenvalue weighted by molar-refractivity contribution is 7.90. The summed E-state index contributed by atoms with van der Waals surface area (Å²) < 4.78 is 30.4. The third-order valence-corrected chi connectivity index (χ3v) is 7.74. The number of aliphatic hydroxyl groups excluding tert-OH is 1. The monoisotopic (exact) mass is 537 g/mol. The normalized spacial score (nSPS) is 11.4. The van der Waals surface area contributed by atoms with Gasteiger partial charge in [-0.05, 0) is 35.7 Å². The van der Waals surface area contributed by atoms with Crippen LogP contribution in [0, 0.1) is 0 Å². The lowest BCUT2D eigenvalue weighted by atomic mass is 10.0. The number of sulfonamides is 1. The summed E-state index contributed by atoms with van der Waals surface area (Å²) in [5, 5.41) is 10.1. The second-order valence-electron chi connectivity index (χ2n) is 8.61. The van der Waals surface area contributed by atoms with Crippen LogP contribution in [0.1, 0.15) is 47.2 Å². The fraction of sp³-hybridized carbons (Fsp3) is 0.214. The summed E-state index contributed by atoms with van der Waals surface area (Å²) in [7, 11) is -4.12. The van der Waals surface area contributed by atoms with Crippen molar-refractivity contribution in [2.75, 3.05) is 0 Å². The summed E-state index contributed by atoms with van der Waals surface area (Å²) in [4.78, 5) is 17.0. The molecule has 0 fully saturated rings. The first-order valence-electron chi connectivity index (χ1n) is 12.0. The third-order valence-electron chi connectivity index (χ3n) is 6.05. The van der Waals surface area contributed by atoms with E-state index in [0.717, 1.165) is 30.7 Å². The molecular formula is C28H28ClN3O4S. The Balaban J connectivity index is 1.60. The van der Waals surface area contributed by atoms with Crippen LogP contribution in [0.3, 0.4) is 0 Å². The van der Waals surface area contributed by atoms with Crippen molar-refractivity contribution < 1.29 is 18.3 Å². The second kappa shape index (κ2) is 11.7. The Morgan fingerprint density at radius 3 is 2.35 bits per heavy atom. The first-order valence-corrected chi connectivity index (χ1v) is 13.8. The predicted octanol–water partition coefficient (Wildman–Crippen LogP) is 5.21. The van der Waals surface area contributed by atoms with Gasteiger partial charge in [-0.2, -0.15) is 0 Å². The lowest BCUT2D eigenvalue weighted by Gasteiger charge is -2.14. The molecule has 192 valence electrons. The fourth-order valence-electron chi connectivity index (χ4n) is 4.11. The van der Waals surface area contributed by atoms with E-state index in [2.05, 4.69) is 16.6 Å². The Morgan fingerprint density at radius 1 is 1.00 bits per heavy atom. The number of aromatic nitrogens is 2. The first-order chi connectivity index (χ1) is 17.8. The number of halogens is 1. The van der Waals surface area contributed by atoms with Crippen LogP contribution in [-0.4, -0.2) is 29.0 Å². The number of nitrogens with zero attached hydrogens (tertiary/aromatic N) is 2. The van der Waals surface area contributed by atoms with Crippen molar-refractivity contribution in [1.29, 1.82) is 0 Å². The zero-order valence-corrected chi connectivity index (χ0v) is 22.0. The molecule has 0 spiro atoms. The van der Waals surface area contributed by atoms with Crippen LogP contribution in [-0.2, 0) is 29.6 Å². The molecule has 7 nitrogen and oxygen atoms in total. The molecule has 3 aromatic carbocycles. The third kappa shape index (κ3) is 6.10. The van der Waals surface area contributed by atoms with E-state index in [0.29, 0.717) is 28.5 Å². The highest BCUT2D eigenvalue weighted by Crippen LogP contribution is 2.28. The van der Waals surface area contributed by atoms with Gasteiger partial charge < -0.3 is 9.67 Å². The number of hydrogen-bond donors (Lipinski definition) is 2. The minimum absolute atomic E-state index is 0.0119. The maximum absolute atomic E-state index is 13.1. The van der Waals surface area contributed by atoms with Crippen molar-refractivity contribution in [3.63, 3.8) is 0 Å². The number of imidazole rings is 1. The van der Waals surface area contributed by atoms with Crippen molar-refractivity contribution >= 4 is 27.5 Å². The number of carbonyl (C=O) groups is 1. The molecule has 0 aliphatic heterocycles. The van der Waals surface area contributed by atoms with Crippen LogP contribution in [0.15, 0.2) is 83.8 Å². The van der Waals surface area contributed by atoms with Crippen LogP contribution in [0.5, 0.6) is 0 Å². The van der Waals surface area contributed by atoms with Gasteiger partial charge in [-0.15, -0.1) is 0 Å². The van der Waals surface area contributed by atoms with Gasteiger partial charge in [0.05, 0.1) is 17.2 Å². The van der Waals surface area contributed by atoms with Crippen molar-refractivity contribution in [2.45, 2.75) is 44.2 Å². The summed E-state index contributed by atoms with van der Waals surface area (Å²) in [6.45, 7) is 2.36. The SMILES string of the molecule is CCCCc1nc(Cl)c(CO)n1Cc1ccc(-c2ccccc2S(=O)(=O)NC(=O)c2ccccc2)cc1. The van der Waals surface area contributed by atoms with E-state index in [1.54, 1.807) is 48.5 Å². The van der Waals surface area contributed by atoms with Gasteiger partial charge in [0, 0.05) is 24.1 Å². The van der Waals surface area contributed by atoms with E-state index in [4.69, 9.17) is 11.6 Å². The predicted molar refractivity (Wildman–Crippen MR) is 144 cm³/mol. The van der Waals surface area contributed by atoms with Crippen LogP contribution in [0.4, 0.5) is 0 Å². The number of nitrogens with one attached hydrogen (secondary N) is 1. The summed E-state index contributed by atoms with van der Waals surface area (Å²) in [6.07, 6.45) is 2.74. The smallest absolute Gasteiger partial charge is 0.264 e. The van der Waals surface area contributed by atoms with Gasteiger partial charge in [0.2, 0.25) is 0 Å². The molecule has 0 unspecified atom stereocenters. The van der Waals surface area contributed by atoms with Gasteiger partial charge in [0.1, 0.15) is 5.82 Å². The molecule has 0 saturated carbocycles. The molecule has 4 aromatic rings. The zero-order chi connectivity index (χ0) is 26.4. The maximum atomic E-state index is 13.1. The van der Waals surface area contributed by atoms with Crippen LogP contribution in [0.2, 0.25) is 5.15 Å². The number of unbranched alkanes of at least 4 members (excludes halogenated alkanes) is 1. The number of rotatable bonds is 10. The van der Waals surface area contributed by atoms with Gasteiger partial charge in [0.25, 0.3) is 15.9 Å². The van der Waals surface area contributed by atoms with Gasteiger partial charge in [0.15, 0.2) is 5.15 Å². The standard InChI is InChI=1S/C28H28ClN3O4S/c1-2-3-13-26-30-27(29)24(19-33)32(26)18-20-14-16-21(17-15-20)23-11-7-8-12-25(23)37(35,36)31-28(34)22-9-5-4-6-10-22/h4-12,14-17,33H,2-3,13,18-19H2,1H3,(H,31,34). The molecule has 1 aromatic heterocycles. The quantitative estimate of drug-likeness (QED) is 0.289. The Morgan fingerprint density at radius 2 is 1.68 bits per heavy atom. The van der Waals surface area contributed by atoms with Crippen molar-refractivity contribution in [1.82, 2.24) is 14.3 Å². The second-order valence-corrected chi connectivity index (χ2v) is 10.6. The molecule has 4 rings (SSSR count). The molecule has 0 bridgehead atoms. The minimum atomic E-state index is -4.12. The largest absolute Gasteiger partial charge is 0.390 e. The molecule has 0 radical (unpaired) electrons. The van der Waals surface area contributed by atoms with Gasteiger partial charge in [-0.3, -0.25) is 4.79 Å². The Bertz CT molecular complexity index is 1480. The van der Waals surface area contributed by atoms with Crippen molar-refractivity contribution in [3.05, 3.63) is 107 Å². The summed E-state index contributed by atoms with van der Waals surface area (Å²) in [5.74, 6) is 0.133. The average molecular weight is 538 g/mol.